The molecule has 2 aromatic rings. The fraction of sp³-hybridized carbons (Fsp3) is 0.308. The van der Waals surface area contributed by atoms with Gasteiger partial charge in [-0.1, -0.05) is 11.2 Å². The van der Waals surface area contributed by atoms with E-state index in [1.54, 1.807) is 6.92 Å². The number of hydrogen-bond donors (Lipinski definition) is 1. The van der Waals surface area contributed by atoms with Crippen LogP contribution in [0.1, 0.15) is 22.8 Å². The molecule has 0 spiro atoms. The molecular formula is C13H15N3O2. The Hall–Kier alpha value is -2.17. The summed E-state index contributed by atoms with van der Waals surface area (Å²) in [5.74, 6) is 0.705. The Labute approximate surface area is 105 Å². The van der Waals surface area contributed by atoms with Crippen LogP contribution in [-0.4, -0.2) is 16.0 Å². The van der Waals surface area contributed by atoms with E-state index >= 15 is 0 Å². The summed E-state index contributed by atoms with van der Waals surface area (Å²) in [4.78, 5) is 15.7. The average molecular weight is 245 g/mol. The summed E-state index contributed by atoms with van der Waals surface area (Å²) in [5, 5.41) is 6.49. The molecule has 0 saturated carbocycles. The molecule has 2 rings (SSSR count). The molecule has 0 fully saturated rings. The van der Waals surface area contributed by atoms with E-state index in [9.17, 15) is 4.79 Å². The first kappa shape index (κ1) is 12.3. The molecule has 0 saturated heterocycles. The molecule has 94 valence electrons. The van der Waals surface area contributed by atoms with Crippen molar-refractivity contribution in [1.29, 1.82) is 0 Å². The highest BCUT2D eigenvalue weighted by atomic mass is 16.5. The van der Waals surface area contributed by atoms with Crippen LogP contribution in [0.4, 0.5) is 5.69 Å². The molecule has 0 aliphatic rings. The molecule has 1 amide bonds. The van der Waals surface area contributed by atoms with Crippen LogP contribution in [0.25, 0.3) is 0 Å². The molecule has 0 bridgehead atoms. The largest absolute Gasteiger partial charge is 0.340 e. The van der Waals surface area contributed by atoms with Crippen LogP contribution in [0.5, 0.6) is 0 Å². The normalized spacial score (nSPS) is 10.4. The van der Waals surface area contributed by atoms with Crippen LogP contribution in [-0.2, 0) is 11.2 Å². The number of anilines is 1. The van der Waals surface area contributed by atoms with Crippen LogP contribution < -0.4 is 5.32 Å². The quantitative estimate of drug-likeness (QED) is 0.899. The zero-order valence-corrected chi connectivity index (χ0v) is 10.7. The van der Waals surface area contributed by atoms with E-state index in [-0.39, 0.29) is 12.3 Å². The second kappa shape index (κ2) is 5.00. The Balaban J connectivity index is 2.00. The summed E-state index contributed by atoms with van der Waals surface area (Å²) in [5.41, 5.74) is 3.12. The van der Waals surface area contributed by atoms with Crippen molar-refractivity contribution in [3.63, 3.8) is 0 Å². The van der Waals surface area contributed by atoms with Gasteiger partial charge in [0.25, 0.3) is 0 Å². The summed E-state index contributed by atoms with van der Waals surface area (Å²) >= 11 is 0. The monoisotopic (exact) mass is 245 g/mol. The summed E-state index contributed by atoms with van der Waals surface area (Å²) < 4.78 is 4.81. The Morgan fingerprint density at radius 3 is 2.67 bits per heavy atom. The van der Waals surface area contributed by atoms with Gasteiger partial charge in [-0.15, -0.1) is 0 Å². The third kappa shape index (κ3) is 2.94. The molecular weight excluding hydrogens is 230 g/mol. The minimum absolute atomic E-state index is 0.115. The SMILES string of the molecule is Cc1nc(CC(=O)Nc2ccc(C)c(C)c2)no1. The molecule has 5 nitrogen and oxygen atoms in total. The Bertz CT molecular complexity index is 575. The summed E-state index contributed by atoms with van der Waals surface area (Å²) in [7, 11) is 0. The van der Waals surface area contributed by atoms with Gasteiger partial charge in [-0.2, -0.15) is 4.98 Å². The van der Waals surface area contributed by atoms with E-state index in [0.717, 1.165) is 11.3 Å². The van der Waals surface area contributed by atoms with Crippen LogP contribution >= 0.6 is 0 Å². The number of rotatable bonds is 3. The van der Waals surface area contributed by atoms with Gasteiger partial charge in [0, 0.05) is 12.6 Å². The molecule has 18 heavy (non-hydrogen) atoms. The Morgan fingerprint density at radius 1 is 1.28 bits per heavy atom. The Kier molecular flexibility index (Phi) is 3.41. The molecule has 1 aromatic heterocycles. The van der Waals surface area contributed by atoms with Crippen molar-refractivity contribution in [2.75, 3.05) is 5.32 Å². The number of benzene rings is 1. The summed E-state index contributed by atoms with van der Waals surface area (Å²) in [6.07, 6.45) is 0.115. The molecule has 1 aromatic carbocycles. The number of amides is 1. The van der Waals surface area contributed by atoms with E-state index in [0.29, 0.717) is 11.7 Å². The van der Waals surface area contributed by atoms with Gasteiger partial charge in [0.1, 0.15) is 0 Å². The van der Waals surface area contributed by atoms with Crippen molar-refractivity contribution in [2.45, 2.75) is 27.2 Å². The first-order valence-electron chi connectivity index (χ1n) is 5.71. The smallest absolute Gasteiger partial charge is 0.232 e. The number of carbonyl (C=O) groups excluding carboxylic acids is 1. The first-order valence-corrected chi connectivity index (χ1v) is 5.71. The second-order valence-corrected chi connectivity index (χ2v) is 4.25. The van der Waals surface area contributed by atoms with Gasteiger partial charge in [0.05, 0.1) is 6.42 Å². The van der Waals surface area contributed by atoms with Gasteiger partial charge < -0.3 is 9.84 Å². The minimum Gasteiger partial charge on any atom is -0.340 e. The molecule has 0 aliphatic heterocycles. The number of nitrogens with zero attached hydrogens (tertiary/aromatic N) is 2. The maximum atomic E-state index is 11.8. The van der Waals surface area contributed by atoms with Crippen LogP contribution in [0.15, 0.2) is 22.7 Å². The number of aromatic nitrogens is 2. The predicted octanol–water partition coefficient (Wildman–Crippen LogP) is 2.18. The topological polar surface area (TPSA) is 68.0 Å². The van der Waals surface area contributed by atoms with Crippen molar-refractivity contribution in [1.82, 2.24) is 10.1 Å². The van der Waals surface area contributed by atoms with E-state index in [1.807, 2.05) is 32.0 Å². The van der Waals surface area contributed by atoms with Crippen molar-refractivity contribution >= 4 is 11.6 Å². The maximum Gasteiger partial charge on any atom is 0.232 e. The highest BCUT2D eigenvalue weighted by Crippen LogP contribution is 2.14. The van der Waals surface area contributed by atoms with Crippen LogP contribution in [0.2, 0.25) is 0 Å². The van der Waals surface area contributed by atoms with Gasteiger partial charge in [0.15, 0.2) is 5.82 Å². The molecule has 5 heteroatoms. The van der Waals surface area contributed by atoms with E-state index in [2.05, 4.69) is 15.5 Å². The van der Waals surface area contributed by atoms with Crippen molar-refractivity contribution in [2.24, 2.45) is 0 Å². The lowest BCUT2D eigenvalue weighted by Crippen LogP contribution is -2.15. The number of carbonyl (C=O) groups is 1. The predicted molar refractivity (Wildman–Crippen MR) is 67.3 cm³/mol. The highest BCUT2D eigenvalue weighted by molar-refractivity contribution is 5.91. The lowest BCUT2D eigenvalue weighted by atomic mass is 10.1. The van der Waals surface area contributed by atoms with Crippen LogP contribution in [0.3, 0.4) is 0 Å². The first-order chi connectivity index (χ1) is 8.54. The van der Waals surface area contributed by atoms with Gasteiger partial charge in [-0.25, -0.2) is 0 Å². The molecule has 0 aliphatic carbocycles. The third-order valence-electron chi connectivity index (χ3n) is 2.68. The fourth-order valence-corrected chi connectivity index (χ4v) is 1.58. The fourth-order valence-electron chi connectivity index (χ4n) is 1.58. The zero-order valence-electron chi connectivity index (χ0n) is 10.7. The molecule has 0 unspecified atom stereocenters. The number of aryl methyl sites for hydroxylation is 3. The Morgan fingerprint density at radius 2 is 2.06 bits per heavy atom. The summed E-state index contributed by atoms with van der Waals surface area (Å²) in [6.45, 7) is 5.73. The average Bonchev–Trinajstić information content (AvgIpc) is 2.69. The highest BCUT2D eigenvalue weighted by Gasteiger charge is 2.09. The molecule has 1 heterocycles. The molecule has 1 N–H and O–H groups in total. The zero-order chi connectivity index (χ0) is 13.1. The van der Waals surface area contributed by atoms with Crippen molar-refractivity contribution < 1.29 is 9.32 Å². The van der Waals surface area contributed by atoms with Crippen molar-refractivity contribution in [3.8, 4) is 0 Å². The van der Waals surface area contributed by atoms with E-state index < -0.39 is 0 Å². The second-order valence-electron chi connectivity index (χ2n) is 4.25. The van der Waals surface area contributed by atoms with E-state index in [1.165, 1.54) is 5.56 Å². The number of hydrogen-bond acceptors (Lipinski definition) is 4. The third-order valence-corrected chi connectivity index (χ3v) is 2.68. The lowest BCUT2D eigenvalue weighted by Gasteiger charge is -2.06. The number of nitrogens with one attached hydrogen (secondary N) is 1. The van der Waals surface area contributed by atoms with Gasteiger partial charge in [-0.3, -0.25) is 4.79 Å². The van der Waals surface area contributed by atoms with Crippen LogP contribution in [0, 0.1) is 20.8 Å². The van der Waals surface area contributed by atoms with Crippen molar-refractivity contribution in [3.05, 3.63) is 41.0 Å². The summed E-state index contributed by atoms with van der Waals surface area (Å²) in [6, 6.07) is 5.79. The van der Waals surface area contributed by atoms with Gasteiger partial charge >= 0.3 is 0 Å². The standard InChI is InChI=1S/C13H15N3O2/c1-8-4-5-11(6-9(8)2)15-13(17)7-12-14-10(3)18-16-12/h4-6H,7H2,1-3H3,(H,15,17). The molecule has 0 radical (unpaired) electrons. The molecule has 0 atom stereocenters. The van der Waals surface area contributed by atoms with Gasteiger partial charge in [0.2, 0.25) is 11.8 Å². The lowest BCUT2D eigenvalue weighted by molar-refractivity contribution is -0.115. The minimum atomic E-state index is -0.154. The van der Waals surface area contributed by atoms with Gasteiger partial charge in [-0.05, 0) is 37.1 Å². The van der Waals surface area contributed by atoms with E-state index in [4.69, 9.17) is 4.52 Å². The maximum absolute atomic E-state index is 11.8.